The molecule has 4 rings (SSSR count). The Kier molecular flexibility index (Phi) is 5.51. The maximum atomic E-state index is 12.7. The van der Waals surface area contributed by atoms with Gasteiger partial charge < -0.3 is 19.9 Å². The van der Waals surface area contributed by atoms with Crippen LogP contribution < -0.4 is 15.0 Å². The van der Waals surface area contributed by atoms with Crippen LogP contribution in [0.3, 0.4) is 0 Å². The zero-order valence-corrected chi connectivity index (χ0v) is 16.2. The molecule has 0 atom stereocenters. The van der Waals surface area contributed by atoms with Gasteiger partial charge in [0.1, 0.15) is 23.1 Å². The number of aromatic nitrogens is 3. The molecule has 1 saturated heterocycles. The van der Waals surface area contributed by atoms with Gasteiger partial charge in [-0.05, 0) is 24.3 Å². The standard InChI is InChI=1S/C21H22N6O2/c1-29-17-6-4-5-16(13-17)25-19-15-23-18(14-24-19)21(28)27-11-9-26(10-12-27)20-7-2-3-8-22-20/h2-8,13-15H,9-12H2,1H3,(H,24,25). The van der Waals surface area contributed by atoms with E-state index in [0.717, 1.165) is 30.3 Å². The first-order chi connectivity index (χ1) is 14.2. The number of anilines is 3. The Balaban J connectivity index is 1.36. The number of nitrogens with one attached hydrogen (secondary N) is 1. The molecule has 2 aromatic heterocycles. The van der Waals surface area contributed by atoms with Crippen LogP contribution in [0.15, 0.2) is 61.1 Å². The van der Waals surface area contributed by atoms with E-state index in [0.29, 0.717) is 24.6 Å². The molecule has 1 aliphatic heterocycles. The number of methoxy groups -OCH3 is 1. The number of pyridine rings is 1. The highest BCUT2D eigenvalue weighted by atomic mass is 16.5. The van der Waals surface area contributed by atoms with Crippen molar-refractivity contribution in [2.45, 2.75) is 0 Å². The smallest absolute Gasteiger partial charge is 0.274 e. The van der Waals surface area contributed by atoms with Gasteiger partial charge >= 0.3 is 0 Å². The summed E-state index contributed by atoms with van der Waals surface area (Å²) in [7, 11) is 1.62. The van der Waals surface area contributed by atoms with Gasteiger partial charge in [-0.2, -0.15) is 0 Å². The molecule has 1 N–H and O–H groups in total. The summed E-state index contributed by atoms with van der Waals surface area (Å²) in [5, 5.41) is 3.16. The molecule has 0 radical (unpaired) electrons. The zero-order valence-electron chi connectivity index (χ0n) is 16.2. The minimum absolute atomic E-state index is 0.105. The van der Waals surface area contributed by atoms with Crippen molar-refractivity contribution in [2.75, 3.05) is 43.5 Å². The fourth-order valence-electron chi connectivity index (χ4n) is 3.19. The number of benzene rings is 1. The van der Waals surface area contributed by atoms with Crippen LogP contribution in [0.25, 0.3) is 0 Å². The molecular weight excluding hydrogens is 368 g/mol. The van der Waals surface area contributed by atoms with Crippen LogP contribution in [0, 0.1) is 0 Å². The minimum atomic E-state index is -0.105. The lowest BCUT2D eigenvalue weighted by atomic mass is 10.2. The molecule has 0 unspecified atom stereocenters. The van der Waals surface area contributed by atoms with Crippen molar-refractivity contribution in [3.8, 4) is 5.75 Å². The fraction of sp³-hybridized carbons (Fsp3) is 0.238. The maximum absolute atomic E-state index is 12.7. The summed E-state index contributed by atoms with van der Waals surface area (Å²) in [6.07, 6.45) is 4.86. The summed E-state index contributed by atoms with van der Waals surface area (Å²) >= 11 is 0. The number of amides is 1. The molecule has 148 valence electrons. The second kappa shape index (κ2) is 8.55. The van der Waals surface area contributed by atoms with Crippen molar-refractivity contribution in [1.82, 2.24) is 19.9 Å². The van der Waals surface area contributed by atoms with Crippen molar-refractivity contribution in [2.24, 2.45) is 0 Å². The molecule has 0 spiro atoms. The van der Waals surface area contributed by atoms with Gasteiger partial charge in [-0.3, -0.25) is 4.79 Å². The molecule has 8 heteroatoms. The van der Waals surface area contributed by atoms with Crippen molar-refractivity contribution in [3.05, 3.63) is 66.7 Å². The molecule has 29 heavy (non-hydrogen) atoms. The molecule has 8 nitrogen and oxygen atoms in total. The number of nitrogens with zero attached hydrogens (tertiary/aromatic N) is 5. The maximum Gasteiger partial charge on any atom is 0.274 e. The van der Waals surface area contributed by atoms with Crippen LogP contribution >= 0.6 is 0 Å². The summed E-state index contributed by atoms with van der Waals surface area (Å²) in [5.74, 6) is 2.15. The molecule has 1 aromatic carbocycles. The van der Waals surface area contributed by atoms with Crippen LogP contribution in [0.2, 0.25) is 0 Å². The van der Waals surface area contributed by atoms with E-state index in [2.05, 4.69) is 25.2 Å². The van der Waals surface area contributed by atoms with Gasteiger partial charge in [-0.1, -0.05) is 12.1 Å². The van der Waals surface area contributed by atoms with Crippen LogP contribution in [-0.4, -0.2) is 59.0 Å². The van der Waals surface area contributed by atoms with Gasteiger partial charge in [-0.15, -0.1) is 0 Å². The lowest BCUT2D eigenvalue weighted by Gasteiger charge is -2.35. The number of carbonyl (C=O) groups excluding carboxylic acids is 1. The summed E-state index contributed by atoms with van der Waals surface area (Å²) in [4.78, 5) is 29.7. The zero-order chi connectivity index (χ0) is 20.1. The average molecular weight is 390 g/mol. The molecule has 0 bridgehead atoms. The third-order valence-electron chi connectivity index (χ3n) is 4.75. The number of rotatable bonds is 5. The first-order valence-corrected chi connectivity index (χ1v) is 9.41. The Labute approximate surface area is 169 Å². The molecule has 3 heterocycles. The van der Waals surface area contributed by atoms with Crippen molar-refractivity contribution >= 4 is 23.2 Å². The largest absolute Gasteiger partial charge is 0.497 e. The SMILES string of the molecule is COc1cccc(Nc2cnc(C(=O)N3CCN(c4ccccn4)CC3)cn2)c1. The molecule has 1 aliphatic rings. The van der Waals surface area contributed by atoms with E-state index in [1.807, 2.05) is 42.5 Å². The summed E-state index contributed by atoms with van der Waals surface area (Å²) in [6, 6.07) is 13.4. The van der Waals surface area contributed by atoms with E-state index in [9.17, 15) is 4.79 Å². The molecule has 0 aliphatic carbocycles. The van der Waals surface area contributed by atoms with E-state index < -0.39 is 0 Å². The number of hydrogen-bond donors (Lipinski definition) is 1. The Bertz CT molecular complexity index is 956. The van der Waals surface area contributed by atoms with E-state index in [1.165, 1.54) is 6.20 Å². The van der Waals surface area contributed by atoms with Gasteiger partial charge in [0, 0.05) is 44.1 Å². The number of piperazine rings is 1. The lowest BCUT2D eigenvalue weighted by Crippen LogP contribution is -2.49. The molecular formula is C21H22N6O2. The molecule has 0 saturated carbocycles. The Hall–Kier alpha value is -3.68. The molecule has 3 aromatic rings. The Morgan fingerprint density at radius 3 is 2.55 bits per heavy atom. The third kappa shape index (κ3) is 4.43. The van der Waals surface area contributed by atoms with Gasteiger partial charge in [0.05, 0.1) is 19.5 Å². The van der Waals surface area contributed by atoms with Crippen LogP contribution in [0.4, 0.5) is 17.3 Å². The highest BCUT2D eigenvalue weighted by Gasteiger charge is 2.23. The summed E-state index contributed by atoms with van der Waals surface area (Å²) in [6.45, 7) is 2.74. The predicted molar refractivity (Wildman–Crippen MR) is 111 cm³/mol. The average Bonchev–Trinajstić information content (AvgIpc) is 2.80. The van der Waals surface area contributed by atoms with Gasteiger partial charge in [0.15, 0.2) is 0 Å². The fourth-order valence-corrected chi connectivity index (χ4v) is 3.19. The number of ether oxygens (including phenoxy) is 1. The quantitative estimate of drug-likeness (QED) is 0.717. The number of hydrogen-bond acceptors (Lipinski definition) is 7. The molecule has 1 fully saturated rings. The van der Waals surface area contributed by atoms with Gasteiger partial charge in [0.2, 0.25) is 0 Å². The monoisotopic (exact) mass is 390 g/mol. The predicted octanol–water partition coefficient (Wildman–Crippen LogP) is 2.59. The van der Waals surface area contributed by atoms with Crippen LogP contribution in [-0.2, 0) is 0 Å². The highest BCUT2D eigenvalue weighted by Crippen LogP contribution is 2.20. The van der Waals surface area contributed by atoms with E-state index >= 15 is 0 Å². The Morgan fingerprint density at radius 1 is 1.00 bits per heavy atom. The van der Waals surface area contributed by atoms with Crippen molar-refractivity contribution in [3.63, 3.8) is 0 Å². The lowest BCUT2D eigenvalue weighted by molar-refractivity contribution is 0.0740. The first-order valence-electron chi connectivity index (χ1n) is 9.41. The highest BCUT2D eigenvalue weighted by molar-refractivity contribution is 5.92. The van der Waals surface area contributed by atoms with Crippen LogP contribution in [0.1, 0.15) is 10.5 Å². The van der Waals surface area contributed by atoms with Gasteiger partial charge in [0.25, 0.3) is 5.91 Å². The topological polar surface area (TPSA) is 83.5 Å². The van der Waals surface area contributed by atoms with Gasteiger partial charge in [-0.25, -0.2) is 15.0 Å². The third-order valence-corrected chi connectivity index (χ3v) is 4.75. The minimum Gasteiger partial charge on any atom is -0.497 e. The second-order valence-electron chi connectivity index (χ2n) is 6.61. The molecule has 1 amide bonds. The van der Waals surface area contributed by atoms with Crippen LogP contribution in [0.5, 0.6) is 5.75 Å². The summed E-state index contributed by atoms with van der Waals surface area (Å²) in [5.41, 5.74) is 1.18. The Morgan fingerprint density at radius 2 is 1.86 bits per heavy atom. The summed E-state index contributed by atoms with van der Waals surface area (Å²) < 4.78 is 5.21. The van der Waals surface area contributed by atoms with E-state index in [4.69, 9.17) is 4.74 Å². The van der Waals surface area contributed by atoms with Crippen molar-refractivity contribution in [1.29, 1.82) is 0 Å². The number of carbonyl (C=O) groups is 1. The first kappa shape index (κ1) is 18.7. The second-order valence-corrected chi connectivity index (χ2v) is 6.61. The normalized spacial score (nSPS) is 13.8. The van der Waals surface area contributed by atoms with E-state index in [1.54, 1.807) is 24.4 Å². The van der Waals surface area contributed by atoms with Crippen molar-refractivity contribution < 1.29 is 9.53 Å². The van der Waals surface area contributed by atoms with E-state index in [-0.39, 0.29) is 5.91 Å².